The van der Waals surface area contributed by atoms with Gasteiger partial charge in [-0.25, -0.2) is 9.97 Å². The normalized spacial score (nSPS) is 9.31. The van der Waals surface area contributed by atoms with Gasteiger partial charge in [0.05, 0.1) is 36.0 Å². The van der Waals surface area contributed by atoms with Gasteiger partial charge in [0.15, 0.2) is 0 Å². The fourth-order valence-corrected chi connectivity index (χ4v) is 7.15. The van der Waals surface area contributed by atoms with Gasteiger partial charge < -0.3 is 19.0 Å². The maximum atomic E-state index is 12.2. The minimum atomic E-state index is 0.294. The van der Waals surface area contributed by atoms with Gasteiger partial charge >= 0.3 is 0 Å². The van der Waals surface area contributed by atoms with E-state index in [1.165, 1.54) is 22.3 Å². The van der Waals surface area contributed by atoms with Crippen molar-refractivity contribution >= 4 is 27.5 Å². The Labute approximate surface area is 472 Å². The minimum absolute atomic E-state index is 0.294. The van der Waals surface area contributed by atoms with Gasteiger partial charge in [-0.3, -0.25) is 19.6 Å². The molecule has 77 heavy (non-hydrogen) atoms. The molecule has 0 aliphatic rings. The number of aromatic nitrogens is 6. The van der Waals surface area contributed by atoms with Crippen LogP contribution in [0.15, 0.2) is 188 Å². The fraction of sp³-hybridized carbons (Fsp3) is 0.364. The first-order valence-electron chi connectivity index (χ1n) is 28.0. The van der Waals surface area contributed by atoms with Crippen LogP contribution in [0.3, 0.4) is 0 Å². The Morgan fingerprint density at radius 3 is 1.23 bits per heavy atom. The number of benzene rings is 4. The molecule has 10 nitrogen and oxygen atoms in total. The van der Waals surface area contributed by atoms with Crippen molar-refractivity contribution in [1.82, 2.24) is 29.5 Å². The maximum Gasteiger partial charge on any atom is 0.143 e. The molecule has 0 fully saturated rings. The van der Waals surface area contributed by atoms with Crippen LogP contribution in [0.4, 0.5) is 0 Å². The number of hydrogen-bond donors (Lipinski definition) is 1. The van der Waals surface area contributed by atoms with E-state index >= 15 is 0 Å². The average molecular weight is 1110 g/mol. The van der Waals surface area contributed by atoms with Crippen LogP contribution in [0.1, 0.15) is 142 Å². The van der Waals surface area contributed by atoms with Gasteiger partial charge in [-0.2, -0.15) is 0 Å². The number of carbonyl (C=O) groups excluding carboxylic acids is 2. The van der Waals surface area contributed by atoms with E-state index in [0.29, 0.717) is 50.5 Å². The number of carbonyl (C=O) groups is 2. The summed E-state index contributed by atoms with van der Waals surface area (Å²) in [4.78, 5) is 43.0. The first-order chi connectivity index (χ1) is 38.0. The minimum Gasteiger partial charge on any atom is -0.492 e. The average Bonchev–Trinajstić information content (AvgIpc) is 4.30. The third-order valence-electron chi connectivity index (χ3n) is 10.4. The molecule has 8 aromatic rings. The second kappa shape index (κ2) is 48.6. The van der Waals surface area contributed by atoms with Crippen molar-refractivity contribution in [1.29, 1.82) is 0 Å². The van der Waals surface area contributed by atoms with E-state index in [4.69, 9.17) is 9.47 Å². The largest absolute Gasteiger partial charge is 0.492 e. The van der Waals surface area contributed by atoms with Gasteiger partial charge in [0.25, 0.3) is 0 Å². The van der Waals surface area contributed by atoms with Crippen LogP contribution in [0, 0.1) is 0 Å². The zero-order valence-electron chi connectivity index (χ0n) is 48.6. The van der Waals surface area contributed by atoms with Gasteiger partial charge in [0.2, 0.25) is 0 Å². The molecule has 4 heterocycles. The summed E-state index contributed by atoms with van der Waals surface area (Å²) in [5.41, 5.74) is 8.05. The number of pyridine rings is 2. The molecule has 0 radical (unpaired) electrons. The molecular weight excluding hydrogens is 1020 g/mol. The highest BCUT2D eigenvalue weighted by Crippen LogP contribution is 2.24. The second-order valence-electron chi connectivity index (χ2n) is 15.3. The summed E-state index contributed by atoms with van der Waals surface area (Å²) in [5.74, 6) is 2.30. The number of nitrogens with zero attached hydrogens (tertiary/aromatic N) is 5. The van der Waals surface area contributed by atoms with Crippen molar-refractivity contribution in [3.63, 3.8) is 0 Å². The molecule has 0 amide bonds. The van der Waals surface area contributed by atoms with Gasteiger partial charge in [0, 0.05) is 88.1 Å². The van der Waals surface area contributed by atoms with E-state index in [1.54, 1.807) is 43.6 Å². The SMILES string of the molecule is CC.CC.CC.CC.CC.CC.O=C(CCc1ccc(CCOc2ccccc2-n2ccnc2)cc1)CCc1cccnc1.O=C(CCc1ccc(CCOc2ccccc2Br)cc1)CCc1cccnc1.c1c[nH]cn1. The summed E-state index contributed by atoms with van der Waals surface area (Å²) in [6, 6.07) is 40.6. The van der Waals surface area contributed by atoms with Crippen LogP contribution in [0.25, 0.3) is 5.69 Å². The van der Waals surface area contributed by atoms with Gasteiger partial charge in [-0.1, -0.05) is 168 Å². The Bertz CT molecular complexity index is 2520. The number of aromatic amines is 1. The van der Waals surface area contributed by atoms with Gasteiger partial charge in [0.1, 0.15) is 23.1 Å². The molecule has 0 bridgehead atoms. The molecule has 0 unspecified atom stereocenters. The summed E-state index contributed by atoms with van der Waals surface area (Å²) in [7, 11) is 0. The third kappa shape index (κ3) is 31.6. The zero-order chi connectivity index (χ0) is 57.2. The summed E-state index contributed by atoms with van der Waals surface area (Å²) >= 11 is 3.49. The predicted molar refractivity (Wildman–Crippen MR) is 327 cm³/mol. The molecule has 0 aliphatic heterocycles. The number of nitrogens with one attached hydrogen (secondary N) is 1. The molecule has 4 aromatic heterocycles. The molecule has 0 spiro atoms. The maximum absolute atomic E-state index is 12.2. The molecular formula is C66H91BrN6O4. The summed E-state index contributed by atoms with van der Waals surface area (Å²) < 4.78 is 14.8. The van der Waals surface area contributed by atoms with E-state index in [-0.39, 0.29) is 0 Å². The number of halogens is 1. The van der Waals surface area contributed by atoms with Gasteiger partial charge in [-0.05, 0) is 111 Å². The highest BCUT2D eigenvalue weighted by Gasteiger charge is 2.08. The van der Waals surface area contributed by atoms with Crippen molar-refractivity contribution in [3.05, 3.63) is 221 Å². The Morgan fingerprint density at radius 2 is 0.857 bits per heavy atom. The number of ether oxygens (including phenoxy) is 2. The van der Waals surface area contributed by atoms with E-state index in [1.807, 2.05) is 179 Å². The van der Waals surface area contributed by atoms with Crippen LogP contribution in [0.2, 0.25) is 0 Å². The van der Waals surface area contributed by atoms with Crippen molar-refractivity contribution in [3.8, 4) is 17.2 Å². The highest BCUT2D eigenvalue weighted by atomic mass is 79.9. The van der Waals surface area contributed by atoms with E-state index < -0.39 is 0 Å². The van der Waals surface area contributed by atoms with Crippen LogP contribution in [0.5, 0.6) is 11.5 Å². The molecule has 416 valence electrons. The number of H-pyrrole nitrogens is 1. The van der Waals surface area contributed by atoms with Crippen LogP contribution < -0.4 is 9.47 Å². The topological polar surface area (TPSA) is 125 Å². The van der Waals surface area contributed by atoms with E-state index in [0.717, 1.165) is 71.3 Å². The smallest absolute Gasteiger partial charge is 0.143 e. The Kier molecular flexibility index (Phi) is 44.2. The molecule has 11 heteroatoms. The van der Waals surface area contributed by atoms with Crippen molar-refractivity contribution in [2.75, 3.05) is 13.2 Å². The number of hydrogen-bond acceptors (Lipinski definition) is 8. The molecule has 0 saturated carbocycles. The monoisotopic (exact) mass is 1110 g/mol. The lowest BCUT2D eigenvalue weighted by Crippen LogP contribution is -2.05. The van der Waals surface area contributed by atoms with Crippen molar-refractivity contribution in [2.24, 2.45) is 0 Å². The zero-order valence-corrected chi connectivity index (χ0v) is 50.1. The quantitative estimate of drug-likeness (QED) is 0.0754. The van der Waals surface area contributed by atoms with Crippen molar-refractivity contribution in [2.45, 2.75) is 147 Å². The standard InChI is InChI=1S/C27H27N3O2.C24H24BrNO2.C3H4N2.6C2H6/c31-25(14-12-24-4-3-16-28-20-24)13-11-22-7-9-23(10-8-22)15-19-32-27-6-2-1-5-26(27)30-18-17-29-21-30;25-23-5-1-2-6-24(23)28-17-15-20-9-7-19(8-10-20)11-13-22(27)14-12-21-4-3-16-26-18-21;1-2-5-3-4-1;6*1-2/h1-10,16-18,20-21H,11-15,19H2;1-10,16,18H,11-15,17H2;1-3H,(H,4,5);6*1-2H3. The number of para-hydroxylation sites is 3. The molecule has 0 atom stereocenters. The predicted octanol–water partition coefficient (Wildman–Crippen LogP) is 17.2. The lowest BCUT2D eigenvalue weighted by molar-refractivity contribution is -0.119. The molecule has 4 aromatic carbocycles. The first-order valence-corrected chi connectivity index (χ1v) is 28.7. The molecule has 0 saturated heterocycles. The summed E-state index contributed by atoms with van der Waals surface area (Å²) in [6.07, 6.45) is 24.8. The Morgan fingerprint density at radius 1 is 0.442 bits per heavy atom. The summed E-state index contributed by atoms with van der Waals surface area (Å²) in [5, 5.41) is 0. The van der Waals surface area contributed by atoms with Crippen LogP contribution >= 0.6 is 15.9 Å². The first kappa shape index (κ1) is 70.0. The Hall–Kier alpha value is -6.98. The lowest BCUT2D eigenvalue weighted by atomic mass is 10.0. The number of ketones is 2. The van der Waals surface area contributed by atoms with Crippen LogP contribution in [-0.4, -0.2) is 54.3 Å². The number of imidazole rings is 2. The third-order valence-corrected chi connectivity index (χ3v) is 11.1. The van der Waals surface area contributed by atoms with Crippen LogP contribution in [-0.2, 0) is 48.1 Å². The molecule has 0 aliphatic carbocycles. The lowest BCUT2D eigenvalue weighted by Gasteiger charge is -2.12. The fourth-order valence-electron chi connectivity index (χ4n) is 6.75. The van der Waals surface area contributed by atoms with Gasteiger partial charge in [-0.15, -0.1) is 0 Å². The second-order valence-corrected chi connectivity index (χ2v) is 16.1. The molecule has 8 rings (SSSR count). The Balaban J connectivity index is 0.00000117. The molecule has 1 N–H and O–H groups in total. The van der Waals surface area contributed by atoms with E-state index in [9.17, 15) is 9.59 Å². The number of rotatable bonds is 21. The van der Waals surface area contributed by atoms with Crippen molar-refractivity contribution < 1.29 is 19.1 Å². The number of aryl methyl sites for hydroxylation is 4. The number of Topliss-reactive ketones (excluding diaryl/α,β-unsaturated/α-hetero) is 2. The van der Waals surface area contributed by atoms with E-state index in [2.05, 4.69) is 89.4 Å². The summed E-state index contributed by atoms with van der Waals surface area (Å²) in [6.45, 7) is 25.2. The highest BCUT2D eigenvalue weighted by molar-refractivity contribution is 9.10.